The van der Waals surface area contributed by atoms with E-state index < -0.39 is 0 Å². The van der Waals surface area contributed by atoms with Crippen LogP contribution in [0.1, 0.15) is 23.4 Å². The monoisotopic (exact) mass is 377 g/mol. The van der Waals surface area contributed by atoms with Crippen LogP contribution in [0, 0.1) is 6.92 Å². The van der Waals surface area contributed by atoms with Gasteiger partial charge in [0.25, 0.3) is 0 Å². The molecular formula is C21H23N5O2. The number of rotatable bonds is 8. The molecule has 2 aromatic heterocycles. The Bertz CT molecular complexity index is 937. The minimum absolute atomic E-state index is 0.0894. The van der Waals surface area contributed by atoms with Crippen molar-refractivity contribution in [1.82, 2.24) is 25.2 Å². The molecule has 0 saturated heterocycles. The number of aromatic nitrogens is 3. The molecule has 2 heterocycles. The predicted octanol–water partition coefficient (Wildman–Crippen LogP) is 1.94. The van der Waals surface area contributed by atoms with E-state index in [1.807, 2.05) is 60.2 Å². The summed E-state index contributed by atoms with van der Waals surface area (Å²) in [5.41, 5.74) is 1.89. The van der Waals surface area contributed by atoms with Crippen LogP contribution in [0.15, 0.2) is 61.1 Å². The Morgan fingerprint density at radius 1 is 0.964 bits per heavy atom. The first-order valence-corrected chi connectivity index (χ1v) is 9.14. The molecule has 0 aliphatic rings. The highest BCUT2D eigenvalue weighted by molar-refractivity contribution is 5.80. The van der Waals surface area contributed by atoms with Crippen LogP contribution in [0.4, 0.5) is 0 Å². The van der Waals surface area contributed by atoms with E-state index in [9.17, 15) is 9.59 Å². The number of aryl methyl sites for hydroxylation is 1. The molecule has 0 aliphatic carbocycles. The first-order chi connectivity index (χ1) is 13.6. The number of carbonyl (C=O) groups is 2. The normalized spacial score (nSPS) is 10.5. The topological polar surface area (TPSA) is 88.9 Å². The van der Waals surface area contributed by atoms with Crippen molar-refractivity contribution in [3.63, 3.8) is 0 Å². The van der Waals surface area contributed by atoms with Gasteiger partial charge in [-0.25, -0.2) is 9.97 Å². The zero-order chi connectivity index (χ0) is 19.8. The fourth-order valence-corrected chi connectivity index (χ4v) is 2.77. The van der Waals surface area contributed by atoms with E-state index in [1.54, 1.807) is 12.4 Å². The van der Waals surface area contributed by atoms with Crippen LogP contribution in [0.25, 0.3) is 5.82 Å². The second kappa shape index (κ2) is 9.45. The lowest BCUT2D eigenvalue weighted by Gasteiger charge is -2.09. The summed E-state index contributed by atoms with van der Waals surface area (Å²) < 4.78 is 1.88. The van der Waals surface area contributed by atoms with E-state index in [0.29, 0.717) is 19.5 Å². The number of amides is 2. The molecule has 0 aliphatic heterocycles. The lowest BCUT2D eigenvalue weighted by atomic mass is 10.1. The number of imidazole rings is 1. The van der Waals surface area contributed by atoms with Gasteiger partial charge in [-0.2, -0.15) is 0 Å². The van der Waals surface area contributed by atoms with Gasteiger partial charge in [-0.3, -0.25) is 14.2 Å². The first-order valence-electron chi connectivity index (χ1n) is 9.14. The summed E-state index contributed by atoms with van der Waals surface area (Å²) >= 11 is 0. The van der Waals surface area contributed by atoms with E-state index >= 15 is 0 Å². The third-order valence-corrected chi connectivity index (χ3v) is 4.25. The predicted molar refractivity (Wildman–Crippen MR) is 106 cm³/mol. The number of hydrogen-bond donors (Lipinski definition) is 2. The highest BCUT2D eigenvalue weighted by atomic mass is 16.2. The summed E-state index contributed by atoms with van der Waals surface area (Å²) in [4.78, 5) is 32.5. The van der Waals surface area contributed by atoms with Gasteiger partial charge in [0, 0.05) is 38.1 Å². The van der Waals surface area contributed by atoms with Gasteiger partial charge in [0.15, 0.2) is 0 Å². The van der Waals surface area contributed by atoms with Gasteiger partial charge in [-0.05, 0) is 30.2 Å². The standard InChI is InChI=1S/C21H23N5O2/c1-16-22-11-12-26(16)19-13-18(7-9-23-19)15-25-20(27)8-10-24-21(28)14-17-5-3-2-4-6-17/h2-7,9,11-13H,8,10,14-15H2,1H3,(H,24,28)(H,25,27). The molecule has 28 heavy (non-hydrogen) atoms. The van der Waals surface area contributed by atoms with E-state index in [4.69, 9.17) is 0 Å². The summed E-state index contributed by atoms with van der Waals surface area (Å²) in [7, 11) is 0. The van der Waals surface area contributed by atoms with Crippen molar-refractivity contribution in [3.8, 4) is 5.82 Å². The molecule has 3 rings (SSSR count). The number of hydrogen-bond acceptors (Lipinski definition) is 4. The average Bonchev–Trinajstić information content (AvgIpc) is 3.13. The molecule has 3 aromatic rings. The largest absolute Gasteiger partial charge is 0.355 e. The van der Waals surface area contributed by atoms with Crippen LogP contribution < -0.4 is 10.6 Å². The quantitative estimate of drug-likeness (QED) is 0.628. The van der Waals surface area contributed by atoms with Gasteiger partial charge in [0.2, 0.25) is 11.8 Å². The Balaban J connectivity index is 1.41. The highest BCUT2D eigenvalue weighted by Gasteiger charge is 2.07. The average molecular weight is 377 g/mol. The Hall–Kier alpha value is -3.48. The molecule has 0 atom stereocenters. The van der Waals surface area contributed by atoms with Gasteiger partial charge in [-0.15, -0.1) is 0 Å². The molecule has 0 unspecified atom stereocenters. The van der Waals surface area contributed by atoms with Gasteiger partial charge in [0.1, 0.15) is 11.6 Å². The molecule has 1 aromatic carbocycles. The molecule has 0 fully saturated rings. The maximum atomic E-state index is 12.0. The van der Waals surface area contributed by atoms with Crippen LogP contribution in [0.5, 0.6) is 0 Å². The summed E-state index contributed by atoms with van der Waals surface area (Å²) in [5, 5.41) is 5.64. The third-order valence-electron chi connectivity index (χ3n) is 4.25. The second-order valence-electron chi connectivity index (χ2n) is 6.41. The van der Waals surface area contributed by atoms with Crippen molar-refractivity contribution < 1.29 is 9.59 Å². The number of benzene rings is 1. The van der Waals surface area contributed by atoms with Crippen molar-refractivity contribution in [2.45, 2.75) is 26.3 Å². The zero-order valence-corrected chi connectivity index (χ0v) is 15.8. The minimum atomic E-state index is -0.114. The molecule has 144 valence electrons. The van der Waals surface area contributed by atoms with Crippen LogP contribution in [0.3, 0.4) is 0 Å². The van der Waals surface area contributed by atoms with Crippen molar-refractivity contribution >= 4 is 11.8 Å². The number of nitrogens with one attached hydrogen (secondary N) is 2. The molecule has 0 radical (unpaired) electrons. The van der Waals surface area contributed by atoms with Gasteiger partial charge < -0.3 is 10.6 Å². The van der Waals surface area contributed by atoms with Crippen LogP contribution in [0.2, 0.25) is 0 Å². The molecule has 7 nitrogen and oxygen atoms in total. The van der Waals surface area contributed by atoms with E-state index in [2.05, 4.69) is 20.6 Å². The lowest BCUT2D eigenvalue weighted by Crippen LogP contribution is -2.31. The fraction of sp³-hybridized carbons (Fsp3) is 0.238. The fourth-order valence-electron chi connectivity index (χ4n) is 2.77. The zero-order valence-electron chi connectivity index (χ0n) is 15.8. The van der Waals surface area contributed by atoms with Crippen molar-refractivity contribution in [3.05, 3.63) is 78.0 Å². The van der Waals surface area contributed by atoms with E-state index in [0.717, 1.165) is 22.8 Å². The molecule has 0 saturated carbocycles. The van der Waals surface area contributed by atoms with Gasteiger partial charge in [0.05, 0.1) is 6.42 Å². The molecule has 0 spiro atoms. The van der Waals surface area contributed by atoms with Crippen molar-refractivity contribution in [1.29, 1.82) is 0 Å². The third kappa shape index (κ3) is 5.51. The molecular weight excluding hydrogens is 354 g/mol. The SMILES string of the molecule is Cc1nccn1-c1cc(CNC(=O)CCNC(=O)Cc2ccccc2)ccn1. The lowest BCUT2D eigenvalue weighted by molar-refractivity contribution is -0.122. The Morgan fingerprint density at radius 2 is 1.79 bits per heavy atom. The molecule has 0 bridgehead atoms. The number of carbonyl (C=O) groups excluding carboxylic acids is 2. The molecule has 2 N–H and O–H groups in total. The summed E-state index contributed by atoms with van der Waals surface area (Å²) in [6, 6.07) is 13.3. The smallest absolute Gasteiger partial charge is 0.224 e. The Morgan fingerprint density at radius 3 is 2.54 bits per heavy atom. The van der Waals surface area contributed by atoms with Crippen molar-refractivity contribution in [2.75, 3.05) is 6.54 Å². The Kier molecular flexibility index (Phi) is 6.51. The Labute approximate surface area is 163 Å². The second-order valence-corrected chi connectivity index (χ2v) is 6.41. The maximum absolute atomic E-state index is 12.0. The maximum Gasteiger partial charge on any atom is 0.224 e. The molecule has 2 amide bonds. The van der Waals surface area contributed by atoms with Gasteiger partial charge in [-0.1, -0.05) is 30.3 Å². The van der Waals surface area contributed by atoms with E-state index in [1.165, 1.54) is 0 Å². The summed E-state index contributed by atoms with van der Waals surface area (Å²) in [6.07, 6.45) is 5.82. The highest BCUT2D eigenvalue weighted by Crippen LogP contribution is 2.09. The van der Waals surface area contributed by atoms with E-state index in [-0.39, 0.29) is 18.2 Å². The van der Waals surface area contributed by atoms with Crippen LogP contribution in [-0.4, -0.2) is 32.9 Å². The molecule has 7 heteroatoms. The minimum Gasteiger partial charge on any atom is -0.355 e. The van der Waals surface area contributed by atoms with Gasteiger partial charge >= 0.3 is 0 Å². The summed E-state index contributed by atoms with van der Waals surface area (Å²) in [6.45, 7) is 2.62. The first kappa shape index (κ1) is 19.3. The van der Waals surface area contributed by atoms with Crippen LogP contribution in [-0.2, 0) is 22.6 Å². The number of pyridine rings is 1. The number of nitrogens with zero attached hydrogens (tertiary/aromatic N) is 3. The summed E-state index contributed by atoms with van der Waals surface area (Å²) in [5.74, 6) is 1.40. The van der Waals surface area contributed by atoms with Crippen LogP contribution >= 0.6 is 0 Å². The van der Waals surface area contributed by atoms with Crippen molar-refractivity contribution in [2.24, 2.45) is 0 Å².